The molecule has 0 aliphatic heterocycles. The zero-order valence-electron chi connectivity index (χ0n) is 10.4. The van der Waals surface area contributed by atoms with Gasteiger partial charge >= 0.3 is 0 Å². The predicted molar refractivity (Wildman–Crippen MR) is 62.0 cm³/mol. The Labute approximate surface area is 93.8 Å². The molecule has 0 bridgehead atoms. The van der Waals surface area contributed by atoms with Crippen molar-refractivity contribution in [3.05, 3.63) is 0 Å². The van der Waals surface area contributed by atoms with Crippen LogP contribution in [0.3, 0.4) is 0 Å². The summed E-state index contributed by atoms with van der Waals surface area (Å²) in [5.74, 6) is 0.378. The van der Waals surface area contributed by atoms with Gasteiger partial charge in [0, 0.05) is 13.7 Å². The highest BCUT2D eigenvalue weighted by molar-refractivity contribution is 4.59. The van der Waals surface area contributed by atoms with Crippen LogP contribution in [0.5, 0.6) is 0 Å². The number of rotatable bonds is 10. The van der Waals surface area contributed by atoms with Gasteiger partial charge in [0.1, 0.15) is 0 Å². The molecule has 0 aromatic rings. The summed E-state index contributed by atoms with van der Waals surface area (Å²) in [4.78, 5) is 0. The topological polar surface area (TPSA) is 38.7 Å². The summed E-state index contributed by atoms with van der Waals surface area (Å²) in [7, 11) is 1.68. The fraction of sp³-hybridized carbons (Fsp3) is 1.00. The van der Waals surface area contributed by atoms with Crippen molar-refractivity contribution >= 4 is 0 Å². The van der Waals surface area contributed by atoms with E-state index in [0.29, 0.717) is 19.1 Å². The molecule has 1 unspecified atom stereocenters. The molecule has 0 heterocycles. The maximum Gasteiger partial charge on any atom is 0.0700 e. The van der Waals surface area contributed by atoms with Crippen LogP contribution in [0.2, 0.25) is 0 Å². The summed E-state index contributed by atoms with van der Waals surface area (Å²) in [5, 5.41) is 9.55. The molecule has 0 aliphatic rings. The van der Waals surface area contributed by atoms with E-state index >= 15 is 0 Å². The first kappa shape index (κ1) is 14.9. The number of hydrogen-bond donors (Lipinski definition) is 1. The van der Waals surface area contributed by atoms with Crippen LogP contribution in [0.25, 0.3) is 0 Å². The maximum absolute atomic E-state index is 9.55. The summed E-state index contributed by atoms with van der Waals surface area (Å²) >= 11 is 0. The molecule has 1 N–H and O–H groups in total. The predicted octanol–water partition coefficient (Wildman–Crippen LogP) is 2.23. The van der Waals surface area contributed by atoms with Crippen LogP contribution < -0.4 is 0 Å². The van der Waals surface area contributed by atoms with Crippen LogP contribution in [-0.4, -0.2) is 38.1 Å². The second-order valence-electron chi connectivity index (χ2n) is 4.27. The van der Waals surface area contributed by atoms with Crippen LogP contribution in [0.15, 0.2) is 0 Å². The van der Waals surface area contributed by atoms with Crippen molar-refractivity contribution in [1.82, 2.24) is 0 Å². The summed E-state index contributed by atoms with van der Waals surface area (Å²) < 4.78 is 10.2. The zero-order chi connectivity index (χ0) is 11.5. The van der Waals surface area contributed by atoms with E-state index in [1.165, 1.54) is 0 Å². The third kappa shape index (κ3) is 10.2. The fourth-order valence-electron chi connectivity index (χ4n) is 1.31. The lowest BCUT2D eigenvalue weighted by Crippen LogP contribution is -2.14. The van der Waals surface area contributed by atoms with E-state index in [1.807, 2.05) is 0 Å². The Morgan fingerprint density at radius 1 is 1.00 bits per heavy atom. The van der Waals surface area contributed by atoms with Crippen LogP contribution in [0.1, 0.15) is 39.5 Å². The second-order valence-corrected chi connectivity index (χ2v) is 4.27. The molecule has 92 valence electrons. The summed E-state index contributed by atoms with van der Waals surface area (Å²) in [5.41, 5.74) is 0. The minimum atomic E-state index is -0.139. The normalized spacial score (nSPS) is 13.4. The number of unbranched alkanes of at least 4 members (excludes halogenated alkanes) is 2. The molecular weight excluding hydrogens is 192 g/mol. The number of hydrogen-bond acceptors (Lipinski definition) is 3. The standard InChI is InChI=1S/C12H26O3/c1-11(2)12(13)7-5-4-6-8-15-10-9-14-3/h11-13H,4-10H2,1-3H3. The molecule has 0 rings (SSSR count). The van der Waals surface area contributed by atoms with Crippen molar-refractivity contribution in [2.45, 2.75) is 45.6 Å². The van der Waals surface area contributed by atoms with Gasteiger partial charge in [0.05, 0.1) is 19.3 Å². The van der Waals surface area contributed by atoms with Crippen molar-refractivity contribution in [2.24, 2.45) is 5.92 Å². The molecule has 15 heavy (non-hydrogen) atoms. The van der Waals surface area contributed by atoms with E-state index in [-0.39, 0.29) is 6.10 Å². The van der Waals surface area contributed by atoms with Gasteiger partial charge in [-0.15, -0.1) is 0 Å². The van der Waals surface area contributed by atoms with E-state index in [4.69, 9.17) is 9.47 Å². The van der Waals surface area contributed by atoms with Gasteiger partial charge in [-0.1, -0.05) is 26.7 Å². The van der Waals surface area contributed by atoms with Gasteiger partial charge in [0.25, 0.3) is 0 Å². The van der Waals surface area contributed by atoms with Gasteiger partial charge in [-0.25, -0.2) is 0 Å². The highest BCUT2D eigenvalue weighted by Gasteiger charge is 2.07. The summed E-state index contributed by atoms with van der Waals surface area (Å²) in [6, 6.07) is 0. The monoisotopic (exact) mass is 218 g/mol. The number of aliphatic hydroxyl groups excluding tert-OH is 1. The molecule has 3 nitrogen and oxygen atoms in total. The third-order valence-electron chi connectivity index (χ3n) is 2.49. The Balaban J connectivity index is 3.05. The van der Waals surface area contributed by atoms with Crippen molar-refractivity contribution in [2.75, 3.05) is 26.9 Å². The zero-order valence-corrected chi connectivity index (χ0v) is 10.4. The molecule has 0 aromatic carbocycles. The Bertz CT molecular complexity index is 126. The Morgan fingerprint density at radius 3 is 2.33 bits per heavy atom. The molecule has 0 aromatic heterocycles. The Morgan fingerprint density at radius 2 is 1.73 bits per heavy atom. The highest BCUT2D eigenvalue weighted by atomic mass is 16.5. The van der Waals surface area contributed by atoms with Crippen LogP contribution in [0, 0.1) is 5.92 Å². The van der Waals surface area contributed by atoms with Crippen LogP contribution in [0.4, 0.5) is 0 Å². The molecule has 0 radical (unpaired) electrons. The van der Waals surface area contributed by atoms with Crippen molar-refractivity contribution in [3.63, 3.8) is 0 Å². The SMILES string of the molecule is COCCOCCCCCC(O)C(C)C. The van der Waals surface area contributed by atoms with Crippen LogP contribution in [-0.2, 0) is 9.47 Å². The first-order valence-corrected chi connectivity index (χ1v) is 5.93. The van der Waals surface area contributed by atoms with Gasteiger partial charge < -0.3 is 14.6 Å². The molecule has 0 saturated heterocycles. The molecule has 1 atom stereocenters. The maximum atomic E-state index is 9.55. The highest BCUT2D eigenvalue weighted by Crippen LogP contribution is 2.10. The number of aliphatic hydroxyl groups is 1. The van der Waals surface area contributed by atoms with Crippen LogP contribution >= 0.6 is 0 Å². The van der Waals surface area contributed by atoms with E-state index in [9.17, 15) is 5.11 Å². The minimum absolute atomic E-state index is 0.139. The third-order valence-corrected chi connectivity index (χ3v) is 2.49. The molecule has 0 fully saturated rings. The fourth-order valence-corrected chi connectivity index (χ4v) is 1.31. The molecule has 0 saturated carbocycles. The molecule has 0 amide bonds. The van der Waals surface area contributed by atoms with Gasteiger partial charge in [-0.05, 0) is 18.8 Å². The van der Waals surface area contributed by atoms with E-state index in [0.717, 1.165) is 32.3 Å². The van der Waals surface area contributed by atoms with Crippen molar-refractivity contribution in [1.29, 1.82) is 0 Å². The summed E-state index contributed by atoms with van der Waals surface area (Å²) in [6.07, 6.45) is 4.08. The smallest absolute Gasteiger partial charge is 0.0700 e. The van der Waals surface area contributed by atoms with Crippen molar-refractivity contribution < 1.29 is 14.6 Å². The van der Waals surface area contributed by atoms with Gasteiger partial charge in [0.2, 0.25) is 0 Å². The average Bonchev–Trinajstić information content (AvgIpc) is 2.21. The van der Waals surface area contributed by atoms with E-state index in [1.54, 1.807) is 7.11 Å². The molecule has 3 heteroatoms. The molecule has 0 aliphatic carbocycles. The lowest BCUT2D eigenvalue weighted by molar-refractivity contribution is 0.0673. The Kier molecular flexibility index (Phi) is 10.3. The van der Waals surface area contributed by atoms with E-state index < -0.39 is 0 Å². The Hall–Kier alpha value is -0.120. The summed E-state index contributed by atoms with van der Waals surface area (Å²) in [6.45, 7) is 6.27. The van der Waals surface area contributed by atoms with E-state index in [2.05, 4.69) is 13.8 Å². The second kappa shape index (κ2) is 10.4. The quantitative estimate of drug-likeness (QED) is 0.571. The first-order valence-electron chi connectivity index (χ1n) is 5.93. The minimum Gasteiger partial charge on any atom is -0.393 e. The first-order chi connectivity index (χ1) is 7.18. The average molecular weight is 218 g/mol. The largest absolute Gasteiger partial charge is 0.393 e. The van der Waals surface area contributed by atoms with Gasteiger partial charge in [-0.3, -0.25) is 0 Å². The number of ether oxygens (including phenoxy) is 2. The number of methoxy groups -OCH3 is 1. The lowest BCUT2D eigenvalue weighted by Gasteiger charge is -2.13. The lowest BCUT2D eigenvalue weighted by atomic mass is 10.0. The van der Waals surface area contributed by atoms with Gasteiger partial charge in [0.15, 0.2) is 0 Å². The molecule has 0 spiro atoms. The van der Waals surface area contributed by atoms with Crippen molar-refractivity contribution in [3.8, 4) is 0 Å². The molecular formula is C12H26O3. The van der Waals surface area contributed by atoms with Gasteiger partial charge in [-0.2, -0.15) is 0 Å².